The first kappa shape index (κ1) is 10.7. The van der Waals surface area contributed by atoms with Gasteiger partial charge >= 0.3 is 0 Å². The molecular weight excluding hydrogens is 186 g/mol. The van der Waals surface area contributed by atoms with Gasteiger partial charge in [-0.05, 0) is 12.3 Å². The molecule has 1 aliphatic rings. The molecule has 1 N–H and O–H groups in total. The maximum absolute atomic E-state index is 4.51. The second kappa shape index (κ2) is 4.35. The van der Waals surface area contributed by atoms with Gasteiger partial charge in [-0.3, -0.25) is 0 Å². The number of nitrogens with one attached hydrogen (secondary N) is 1. The Labute approximate surface area is 91.9 Å². The van der Waals surface area contributed by atoms with Gasteiger partial charge < -0.3 is 9.88 Å². The van der Waals surface area contributed by atoms with E-state index in [-0.39, 0.29) is 0 Å². The van der Waals surface area contributed by atoms with Crippen LogP contribution in [0.1, 0.15) is 44.6 Å². The van der Waals surface area contributed by atoms with E-state index in [1.54, 1.807) is 0 Å². The van der Waals surface area contributed by atoms with Gasteiger partial charge in [-0.25, -0.2) is 4.98 Å². The van der Waals surface area contributed by atoms with Crippen LogP contribution in [0.4, 0.5) is 0 Å². The minimum atomic E-state index is 0.611. The van der Waals surface area contributed by atoms with Crippen molar-refractivity contribution in [2.75, 3.05) is 6.54 Å². The Kier molecular flexibility index (Phi) is 3.10. The summed E-state index contributed by atoms with van der Waals surface area (Å²) in [4.78, 5) is 4.51. The van der Waals surface area contributed by atoms with Crippen LogP contribution in [0.25, 0.3) is 0 Å². The van der Waals surface area contributed by atoms with E-state index in [2.05, 4.69) is 35.6 Å². The molecule has 1 aromatic rings. The second-order valence-corrected chi connectivity index (χ2v) is 4.69. The zero-order chi connectivity index (χ0) is 10.8. The van der Waals surface area contributed by atoms with Gasteiger partial charge in [0.25, 0.3) is 0 Å². The van der Waals surface area contributed by atoms with E-state index in [4.69, 9.17) is 0 Å². The molecule has 0 bridgehead atoms. The normalized spacial score (nSPS) is 17.9. The fourth-order valence-electron chi connectivity index (χ4n) is 2.53. The lowest BCUT2D eigenvalue weighted by molar-refractivity contribution is 0.354. The lowest BCUT2D eigenvalue weighted by Gasteiger charge is -2.25. The van der Waals surface area contributed by atoms with E-state index >= 15 is 0 Å². The molecule has 0 aliphatic carbocycles. The van der Waals surface area contributed by atoms with Gasteiger partial charge in [0.05, 0.1) is 12.0 Å². The Morgan fingerprint density at radius 3 is 3.00 bits per heavy atom. The summed E-state index contributed by atoms with van der Waals surface area (Å²) >= 11 is 0. The lowest BCUT2D eigenvalue weighted by atomic mass is 10.0. The first-order valence-corrected chi connectivity index (χ1v) is 5.99. The maximum atomic E-state index is 4.51. The molecule has 0 aromatic carbocycles. The lowest BCUT2D eigenvalue weighted by Crippen LogP contribution is -2.26. The third kappa shape index (κ3) is 1.93. The molecule has 0 radical (unpaired) electrons. The highest BCUT2D eigenvalue weighted by molar-refractivity contribution is 5.17. The minimum Gasteiger partial charge on any atom is -0.331 e. The average Bonchev–Trinajstić information content (AvgIpc) is 2.63. The van der Waals surface area contributed by atoms with Crippen molar-refractivity contribution in [2.45, 2.75) is 46.2 Å². The van der Waals surface area contributed by atoms with Crippen LogP contribution in [0.5, 0.6) is 0 Å². The number of aromatic nitrogens is 2. The molecule has 0 fully saturated rings. The zero-order valence-corrected chi connectivity index (χ0v) is 9.95. The monoisotopic (exact) mass is 207 g/mol. The van der Waals surface area contributed by atoms with E-state index in [0.29, 0.717) is 12.0 Å². The predicted octanol–water partition coefficient (Wildman–Crippen LogP) is 2.14. The number of hydrogen-bond donors (Lipinski definition) is 1. The van der Waals surface area contributed by atoms with Crippen LogP contribution in [-0.2, 0) is 13.0 Å². The Hall–Kier alpha value is -0.830. The van der Waals surface area contributed by atoms with Gasteiger partial charge in [0, 0.05) is 31.2 Å². The van der Waals surface area contributed by atoms with E-state index in [0.717, 1.165) is 19.5 Å². The Morgan fingerprint density at radius 1 is 1.53 bits per heavy atom. The molecule has 0 saturated carbocycles. The smallest absolute Gasteiger partial charge is 0.0954 e. The Balaban J connectivity index is 2.31. The number of rotatable bonds is 3. The van der Waals surface area contributed by atoms with Gasteiger partial charge in [0.15, 0.2) is 0 Å². The topological polar surface area (TPSA) is 29.9 Å². The van der Waals surface area contributed by atoms with E-state index < -0.39 is 0 Å². The van der Waals surface area contributed by atoms with Crippen molar-refractivity contribution in [1.29, 1.82) is 0 Å². The second-order valence-electron chi connectivity index (χ2n) is 4.69. The van der Waals surface area contributed by atoms with Crippen molar-refractivity contribution >= 4 is 0 Å². The molecule has 2 heterocycles. The van der Waals surface area contributed by atoms with Crippen molar-refractivity contribution in [1.82, 2.24) is 14.9 Å². The molecule has 1 aliphatic heterocycles. The number of fused-ring (bicyclic) bond motifs is 1. The summed E-state index contributed by atoms with van der Waals surface area (Å²) in [5, 5.41) is 3.36. The molecule has 0 saturated heterocycles. The summed E-state index contributed by atoms with van der Waals surface area (Å²) in [7, 11) is 0. The molecule has 3 nitrogen and oxygen atoms in total. The quantitative estimate of drug-likeness (QED) is 0.823. The first-order chi connectivity index (χ1) is 7.24. The summed E-state index contributed by atoms with van der Waals surface area (Å²) in [5.41, 5.74) is 2.70. The molecule has 0 spiro atoms. The molecular formula is C12H21N3. The van der Waals surface area contributed by atoms with Crippen LogP contribution in [0.15, 0.2) is 6.33 Å². The molecule has 0 amide bonds. The molecule has 1 unspecified atom stereocenters. The SMILES string of the molecule is CCC(C(C)C)n1cnc2c1CCNC2. The highest BCUT2D eigenvalue weighted by Crippen LogP contribution is 2.25. The van der Waals surface area contributed by atoms with Crippen LogP contribution < -0.4 is 5.32 Å². The first-order valence-electron chi connectivity index (χ1n) is 5.99. The standard InChI is InChI=1S/C12H21N3/c1-4-11(9(2)3)15-8-14-10-7-13-6-5-12(10)15/h8-9,11,13H,4-7H2,1-3H3. The Morgan fingerprint density at radius 2 is 2.33 bits per heavy atom. The number of nitrogens with zero attached hydrogens (tertiary/aromatic N) is 2. The molecule has 1 atom stereocenters. The fraction of sp³-hybridized carbons (Fsp3) is 0.750. The fourth-order valence-corrected chi connectivity index (χ4v) is 2.53. The van der Waals surface area contributed by atoms with E-state index in [1.165, 1.54) is 17.8 Å². The number of hydrogen-bond acceptors (Lipinski definition) is 2. The van der Waals surface area contributed by atoms with Gasteiger partial charge in [-0.15, -0.1) is 0 Å². The van der Waals surface area contributed by atoms with Gasteiger partial charge in [-0.2, -0.15) is 0 Å². The zero-order valence-electron chi connectivity index (χ0n) is 9.95. The van der Waals surface area contributed by atoms with E-state index in [1.807, 2.05) is 6.33 Å². The van der Waals surface area contributed by atoms with Crippen molar-refractivity contribution in [3.63, 3.8) is 0 Å². The van der Waals surface area contributed by atoms with Crippen LogP contribution in [0, 0.1) is 5.92 Å². The third-order valence-corrected chi connectivity index (χ3v) is 3.36. The third-order valence-electron chi connectivity index (χ3n) is 3.36. The van der Waals surface area contributed by atoms with Crippen molar-refractivity contribution in [3.8, 4) is 0 Å². The maximum Gasteiger partial charge on any atom is 0.0954 e. The van der Waals surface area contributed by atoms with Crippen molar-refractivity contribution in [2.24, 2.45) is 5.92 Å². The molecule has 1 aromatic heterocycles. The van der Waals surface area contributed by atoms with Gasteiger partial charge in [-0.1, -0.05) is 20.8 Å². The summed E-state index contributed by atoms with van der Waals surface area (Å²) < 4.78 is 2.40. The van der Waals surface area contributed by atoms with Gasteiger partial charge in [0.1, 0.15) is 0 Å². The molecule has 3 heteroatoms. The highest BCUT2D eigenvalue weighted by Gasteiger charge is 2.20. The molecule has 15 heavy (non-hydrogen) atoms. The molecule has 84 valence electrons. The number of imidazole rings is 1. The molecule has 2 rings (SSSR count). The van der Waals surface area contributed by atoms with Crippen LogP contribution in [-0.4, -0.2) is 16.1 Å². The summed E-state index contributed by atoms with van der Waals surface area (Å²) in [6.45, 7) is 8.88. The average molecular weight is 207 g/mol. The van der Waals surface area contributed by atoms with Crippen molar-refractivity contribution < 1.29 is 0 Å². The largest absolute Gasteiger partial charge is 0.331 e. The highest BCUT2D eigenvalue weighted by atomic mass is 15.1. The summed E-state index contributed by atoms with van der Waals surface area (Å²) in [6.07, 6.45) is 4.35. The minimum absolute atomic E-state index is 0.611. The van der Waals surface area contributed by atoms with Crippen LogP contribution in [0.2, 0.25) is 0 Å². The van der Waals surface area contributed by atoms with E-state index in [9.17, 15) is 0 Å². The predicted molar refractivity (Wildman–Crippen MR) is 61.8 cm³/mol. The van der Waals surface area contributed by atoms with Crippen LogP contribution in [0.3, 0.4) is 0 Å². The van der Waals surface area contributed by atoms with Gasteiger partial charge in [0.2, 0.25) is 0 Å². The Bertz CT molecular complexity index is 328. The summed E-state index contributed by atoms with van der Waals surface area (Å²) in [6, 6.07) is 0.611. The van der Waals surface area contributed by atoms with Crippen molar-refractivity contribution in [3.05, 3.63) is 17.7 Å². The van der Waals surface area contributed by atoms with Crippen LogP contribution >= 0.6 is 0 Å². The summed E-state index contributed by atoms with van der Waals surface area (Å²) in [5.74, 6) is 0.684.